The third kappa shape index (κ3) is 5.80. The van der Waals surface area contributed by atoms with Gasteiger partial charge in [0.15, 0.2) is 5.78 Å². The van der Waals surface area contributed by atoms with Gasteiger partial charge in [-0.05, 0) is 18.6 Å². The molecular weight excluding hydrogens is 438 g/mol. The van der Waals surface area contributed by atoms with E-state index in [4.69, 9.17) is 4.42 Å². The van der Waals surface area contributed by atoms with Gasteiger partial charge in [-0.3, -0.25) is 15.1 Å². The van der Waals surface area contributed by atoms with Crippen LogP contribution in [-0.4, -0.2) is 69.7 Å². The van der Waals surface area contributed by atoms with E-state index in [9.17, 15) is 9.90 Å². The van der Waals surface area contributed by atoms with E-state index in [0.717, 1.165) is 30.2 Å². The summed E-state index contributed by atoms with van der Waals surface area (Å²) in [6.45, 7) is 3.96. The Morgan fingerprint density at radius 3 is 2.67 bits per heavy atom. The molecule has 4 rings (SSSR count). The first-order valence-electron chi connectivity index (χ1n) is 10.9. The Hall–Kier alpha value is -3.17. The maximum absolute atomic E-state index is 12.8. The molecule has 1 atom stereocenters. The average Bonchev–Trinajstić information content (AvgIpc) is 3.35. The smallest absolute Gasteiger partial charge is 0.322 e. The Bertz CT molecular complexity index is 1100. The standard InChI is InChI=1S/C24H27N5O3S/c1-17(19-8-5-9-20(16-19)21(31)18-6-3-2-4-7-18)22-27-28-24(32-22)26-23(25-10-13-30)29-11-14-33-15-12-29/h2-9,16-17,30H,10-15H2,1H3,(H,25,26,28). The van der Waals surface area contributed by atoms with Gasteiger partial charge < -0.3 is 14.4 Å². The number of nitrogens with zero attached hydrogens (tertiary/aromatic N) is 4. The lowest BCUT2D eigenvalue weighted by atomic mass is 9.96. The first kappa shape index (κ1) is 23.0. The van der Waals surface area contributed by atoms with E-state index in [1.54, 1.807) is 0 Å². The largest absolute Gasteiger partial charge is 0.407 e. The van der Waals surface area contributed by atoms with Gasteiger partial charge in [-0.1, -0.05) is 53.6 Å². The van der Waals surface area contributed by atoms with Gasteiger partial charge in [0.2, 0.25) is 11.9 Å². The van der Waals surface area contributed by atoms with Crippen LogP contribution < -0.4 is 5.32 Å². The van der Waals surface area contributed by atoms with Gasteiger partial charge in [0.05, 0.1) is 19.1 Å². The fourth-order valence-electron chi connectivity index (χ4n) is 3.55. The van der Waals surface area contributed by atoms with Gasteiger partial charge in [0, 0.05) is 35.7 Å². The van der Waals surface area contributed by atoms with Gasteiger partial charge in [-0.25, -0.2) is 0 Å². The molecule has 2 aromatic carbocycles. The Kier molecular flexibility index (Phi) is 7.74. The number of nitrogens with one attached hydrogen (secondary N) is 1. The van der Waals surface area contributed by atoms with E-state index < -0.39 is 0 Å². The minimum atomic E-state index is -0.194. The summed E-state index contributed by atoms with van der Waals surface area (Å²) in [5.74, 6) is 2.89. The van der Waals surface area contributed by atoms with Crippen molar-refractivity contribution in [2.24, 2.45) is 4.99 Å². The van der Waals surface area contributed by atoms with Gasteiger partial charge in [-0.2, -0.15) is 11.8 Å². The lowest BCUT2D eigenvalue weighted by molar-refractivity contribution is 0.103. The summed E-state index contributed by atoms with van der Waals surface area (Å²) in [5.41, 5.74) is 2.18. The molecule has 1 unspecified atom stereocenters. The van der Waals surface area contributed by atoms with Crippen LogP contribution >= 0.6 is 11.8 Å². The van der Waals surface area contributed by atoms with Crippen molar-refractivity contribution in [2.75, 3.05) is 43.1 Å². The summed E-state index contributed by atoms with van der Waals surface area (Å²) < 4.78 is 5.89. The van der Waals surface area contributed by atoms with Gasteiger partial charge in [0.25, 0.3) is 0 Å². The highest BCUT2D eigenvalue weighted by molar-refractivity contribution is 7.99. The van der Waals surface area contributed by atoms with Crippen molar-refractivity contribution < 1.29 is 14.3 Å². The van der Waals surface area contributed by atoms with E-state index in [1.165, 1.54) is 0 Å². The number of thioether (sulfide) groups is 1. The zero-order chi connectivity index (χ0) is 23.0. The van der Waals surface area contributed by atoms with E-state index in [0.29, 0.717) is 29.5 Å². The van der Waals surface area contributed by atoms with Gasteiger partial charge in [-0.15, -0.1) is 5.10 Å². The number of anilines is 1. The van der Waals surface area contributed by atoms with Crippen molar-refractivity contribution in [2.45, 2.75) is 12.8 Å². The molecule has 3 aromatic rings. The van der Waals surface area contributed by atoms with Crippen LogP contribution in [0, 0.1) is 0 Å². The fraction of sp³-hybridized carbons (Fsp3) is 0.333. The van der Waals surface area contributed by atoms with E-state index >= 15 is 0 Å². The number of aliphatic imine (C=N–C) groups is 1. The number of carbonyl (C=O) groups is 1. The molecule has 0 saturated carbocycles. The van der Waals surface area contributed by atoms with Gasteiger partial charge >= 0.3 is 6.01 Å². The molecule has 0 amide bonds. The maximum Gasteiger partial charge on any atom is 0.322 e. The first-order valence-corrected chi connectivity index (χ1v) is 12.1. The molecule has 0 spiro atoms. The maximum atomic E-state index is 12.8. The molecule has 172 valence electrons. The van der Waals surface area contributed by atoms with Gasteiger partial charge in [0.1, 0.15) is 0 Å². The number of guanidine groups is 1. The van der Waals surface area contributed by atoms with E-state index in [2.05, 4.69) is 25.4 Å². The molecule has 0 radical (unpaired) electrons. The number of hydrogen-bond donors (Lipinski definition) is 2. The Balaban J connectivity index is 1.49. The van der Waals surface area contributed by atoms with Crippen LogP contribution in [0.1, 0.15) is 40.2 Å². The zero-order valence-electron chi connectivity index (χ0n) is 18.5. The molecule has 0 bridgehead atoms. The summed E-state index contributed by atoms with van der Waals surface area (Å²) in [5, 5.41) is 20.7. The number of rotatable bonds is 7. The number of aromatic nitrogens is 2. The number of aliphatic hydroxyl groups is 1. The lowest BCUT2D eigenvalue weighted by Gasteiger charge is -2.29. The second-order valence-electron chi connectivity index (χ2n) is 7.64. The highest BCUT2D eigenvalue weighted by Crippen LogP contribution is 2.26. The molecule has 1 aliphatic rings. The van der Waals surface area contributed by atoms with Crippen molar-refractivity contribution in [3.05, 3.63) is 77.2 Å². The third-order valence-electron chi connectivity index (χ3n) is 5.39. The predicted octanol–water partition coefficient (Wildman–Crippen LogP) is 3.26. The molecule has 8 nitrogen and oxygen atoms in total. The molecule has 33 heavy (non-hydrogen) atoms. The third-order valence-corrected chi connectivity index (χ3v) is 6.33. The predicted molar refractivity (Wildman–Crippen MR) is 130 cm³/mol. The highest BCUT2D eigenvalue weighted by atomic mass is 32.2. The topological polar surface area (TPSA) is 104 Å². The Morgan fingerprint density at radius 2 is 1.91 bits per heavy atom. The Morgan fingerprint density at radius 1 is 1.15 bits per heavy atom. The monoisotopic (exact) mass is 465 g/mol. The fourth-order valence-corrected chi connectivity index (χ4v) is 4.46. The molecule has 9 heteroatoms. The number of carbonyl (C=O) groups excluding carboxylic acids is 1. The normalized spacial score (nSPS) is 15.3. The van der Waals surface area contributed by atoms with Crippen molar-refractivity contribution in [1.82, 2.24) is 15.1 Å². The van der Waals surface area contributed by atoms with E-state index in [1.807, 2.05) is 73.3 Å². The first-order chi connectivity index (χ1) is 16.2. The van der Waals surface area contributed by atoms with Crippen LogP contribution in [0.25, 0.3) is 0 Å². The summed E-state index contributed by atoms with van der Waals surface area (Å²) in [6, 6.07) is 17.0. The van der Waals surface area contributed by atoms with Crippen LogP contribution in [0.3, 0.4) is 0 Å². The molecule has 2 N–H and O–H groups in total. The zero-order valence-corrected chi connectivity index (χ0v) is 19.3. The Labute approximate surface area is 197 Å². The minimum absolute atomic E-state index is 0.0260. The number of ketones is 1. The molecule has 0 aliphatic carbocycles. The van der Waals surface area contributed by atoms with Crippen molar-refractivity contribution in [1.29, 1.82) is 0 Å². The van der Waals surface area contributed by atoms with Crippen molar-refractivity contribution in [3.63, 3.8) is 0 Å². The molecule has 1 fully saturated rings. The van der Waals surface area contributed by atoms with Crippen LogP contribution in [-0.2, 0) is 0 Å². The van der Waals surface area contributed by atoms with Crippen molar-refractivity contribution in [3.8, 4) is 0 Å². The SMILES string of the molecule is CC(c1cccc(C(=O)c2ccccc2)c1)c1nnc(NC(=NCCO)N2CCSCC2)o1. The summed E-state index contributed by atoms with van der Waals surface area (Å²) >= 11 is 1.90. The molecular formula is C24H27N5O3S. The van der Waals surface area contributed by atoms with Crippen LogP contribution in [0.5, 0.6) is 0 Å². The second-order valence-corrected chi connectivity index (χ2v) is 8.87. The molecule has 1 aliphatic heterocycles. The number of hydrogen-bond acceptors (Lipinski definition) is 7. The van der Waals surface area contributed by atoms with Crippen LogP contribution in [0.4, 0.5) is 6.01 Å². The molecule has 2 heterocycles. The molecule has 1 aromatic heterocycles. The summed E-state index contributed by atoms with van der Waals surface area (Å²) in [7, 11) is 0. The lowest BCUT2D eigenvalue weighted by Crippen LogP contribution is -2.42. The quantitative estimate of drug-likeness (QED) is 0.311. The molecule has 1 saturated heterocycles. The van der Waals surface area contributed by atoms with Crippen molar-refractivity contribution >= 4 is 29.5 Å². The number of aliphatic hydroxyl groups excluding tert-OH is 1. The average molecular weight is 466 g/mol. The van der Waals surface area contributed by atoms with Crippen LogP contribution in [0.15, 0.2) is 64.0 Å². The van der Waals surface area contributed by atoms with E-state index in [-0.39, 0.29) is 24.3 Å². The number of benzene rings is 2. The second kappa shape index (κ2) is 11.1. The highest BCUT2D eigenvalue weighted by Gasteiger charge is 2.21. The summed E-state index contributed by atoms with van der Waals surface area (Å²) in [6.07, 6.45) is 0. The minimum Gasteiger partial charge on any atom is -0.407 e. The van der Waals surface area contributed by atoms with Crippen LogP contribution in [0.2, 0.25) is 0 Å². The summed E-state index contributed by atoms with van der Waals surface area (Å²) in [4.78, 5) is 19.4.